The minimum absolute atomic E-state index is 0.116. The lowest BCUT2D eigenvalue weighted by Gasteiger charge is -2.24. The molecule has 1 aromatic heterocycles. The van der Waals surface area contributed by atoms with Crippen molar-refractivity contribution >= 4 is 28.5 Å². The van der Waals surface area contributed by atoms with Crippen LogP contribution >= 0.6 is 11.6 Å². The Labute approximate surface area is 157 Å². The number of amides is 1. The van der Waals surface area contributed by atoms with Crippen molar-refractivity contribution in [2.75, 3.05) is 13.1 Å². The van der Waals surface area contributed by atoms with Crippen LogP contribution in [0.2, 0.25) is 5.02 Å². The Morgan fingerprint density at radius 1 is 1.15 bits per heavy atom. The molecule has 0 saturated carbocycles. The Morgan fingerprint density at radius 2 is 1.96 bits per heavy atom. The highest BCUT2D eigenvalue weighted by Crippen LogP contribution is 2.28. The van der Waals surface area contributed by atoms with Gasteiger partial charge in [-0.1, -0.05) is 47.4 Å². The molecule has 1 amide bonds. The highest BCUT2D eigenvalue weighted by Gasteiger charge is 2.24. The van der Waals surface area contributed by atoms with E-state index in [1.807, 2.05) is 41.3 Å². The van der Waals surface area contributed by atoms with E-state index in [0.717, 1.165) is 54.0 Å². The van der Waals surface area contributed by atoms with E-state index in [1.165, 1.54) is 5.56 Å². The number of hydrogen-bond donors (Lipinski definition) is 0. The van der Waals surface area contributed by atoms with Gasteiger partial charge in [0.25, 0.3) is 0 Å². The lowest BCUT2D eigenvalue weighted by molar-refractivity contribution is -0.130. The van der Waals surface area contributed by atoms with Crippen LogP contribution in [-0.2, 0) is 11.2 Å². The first kappa shape index (κ1) is 17.1. The number of benzene rings is 2. The molecule has 0 radical (unpaired) electrons. The Hall–Kier alpha value is -2.33. The third-order valence-corrected chi connectivity index (χ3v) is 5.39. The smallest absolute Gasteiger partial charge is 0.228 e. The molecule has 1 fully saturated rings. The van der Waals surface area contributed by atoms with Gasteiger partial charge in [0.1, 0.15) is 5.69 Å². The Morgan fingerprint density at radius 3 is 2.81 bits per heavy atom. The van der Waals surface area contributed by atoms with Gasteiger partial charge in [0.2, 0.25) is 5.91 Å². The lowest BCUT2D eigenvalue weighted by atomic mass is 9.94. The summed E-state index contributed by atoms with van der Waals surface area (Å²) in [5.41, 5.74) is 2.70. The van der Waals surface area contributed by atoms with Gasteiger partial charge in [-0.25, -0.2) is 0 Å². The van der Waals surface area contributed by atoms with Crippen LogP contribution in [-0.4, -0.2) is 29.1 Å². The molecule has 2 aromatic carbocycles. The number of rotatable bonds is 3. The van der Waals surface area contributed by atoms with Crippen molar-refractivity contribution < 1.29 is 9.32 Å². The summed E-state index contributed by atoms with van der Waals surface area (Å²) in [6.07, 6.45) is 3.54. The molecule has 4 rings (SSSR count). The number of fused-ring (bicyclic) bond motifs is 1. The average molecular weight is 369 g/mol. The second-order valence-corrected chi connectivity index (χ2v) is 7.32. The zero-order valence-electron chi connectivity index (χ0n) is 14.5. The number of nitrogens with zero attached hydrogens (tertiary/aromatic N) is 2. The van der Waals surface area contributed by atoms with Crippen molar-refractivity contribution in [3.05, 3.63) is 64.8 Å². The molecular formula is C21H21ClN2O2. The molecule has 1 aliphatic heterocycles. The zero-order valence-corrected chi connectivity index (χ0v) is 15.3. The van der Waals surface area contributed by atoms with Gasteiger partial charge in [0.15, 0.2) is 5.58 Å². The summed E-state index contributed by atoms with van der Waals surface area (Å²) in [6.45, 7) is 1.55. The molecule has 1 aliphatic rings. The summed E-state index contributed by atoms with van der Waals surface area (Å²) < 4.78 is 5.33. The van der Waals surface area contributed by atoms with Crippen LogP contribution in [0.3, 0.4) is 0 Å². The normalized spacial score (nSPS) is 18.0. The number of hydrogen-bond acceptors (Lipinski definition) is 3. The fraction of sp³-hybridized carbons (Fsp3) is 0.333. The van der Waals surface area contributed by atoms with Gasteiger partial charge in [0, 0.05) is 29.4 Å². The van der Waals surface area contributed by atoms with Crippen molar-refractivity contribution in [3.63, 3.8) is 0 Å². The minimum Gasteiger partial charge on any atom is -0.356 e. The van der Waals surface area contributed by atoms with Crippen LogP contribution in [0.15, 0.2) is 53.1 Å². The number of halogens is 1. The topological polar surface area (TPSA) is 46.3 Å². The van der Waals surface area contributed by atoms with E-state index in [0.29, 0.717) is 5.92 Å². The molecule has 1 atom stereocenters. The summed E-state index contributed by atoms with van der Waals surface area (Å²) in [5, 5.41) is 5.77. The fourth-order valence-electron chi connectivity index (χ4n) is 3.70. The molecule has 26 heavy (non-hydrogen) atoms. The number of para-hydroxylation sites is 1. The predicted molar refractivity (Wildman–Crippen MR) is 102 cm³/mol. The van der Waals surface area contributed by atoms with Crippen LogP contribution in [0.5, 0.6) is 0 Å². The van der Waals surface area contributed by atoms with Crippen LogP contribution in [0.4, 0.5) is 0 Å². The second-order valence-electron chi connectivity index (χ2n) is 6.89. The summed E-state index contributed by atoms with van der Waals surface area (Å²) >= 11 is 6.01. The second kappa shape index (κ2) is 7.50. The minimum atomic E-state index is 0.116. The maximum Gasteiger partial charge on any atom is 0.228 e. The van der Waals surface area contributed by atoms with Gasteiger partial charge in [-0.3, -0.25) is 4.79 Å². The molecule has 5 heteroatoms. The molecule has 1 saturated heterocycles. The van der Waals surface area contributed by atoms with Gasteiger partial charge < -0.3 is 9.42 Å². The van der Waals surface area contributed by atoms with Crippen LogP contribution in [0, 0.1) is 0 Å². The summed E-state index contributed by atoms with van der Waals surface area (Å²) in [7, 11) is 0. The molecule has 1 unspecified atom stereocenters. The third kappa shape index (κ3) is 3.61. The van der Waals surface area contributed by atoms with Gasteiger partial charge >= 0.3 is 0 Å². The SMILES string of the molecule is O=C(Cc1noc2ccccc12)N1CCCCC(c2ccc(Cl)cc2)C1. The molecule has 2 heterocycles. The summed E-state index contributed by atoms with van der Waals surface area (Å²) in [5.74, 6) is 0.470. The third-order valence-electron chi connectivity index (χ3n) is 5.14. The maximum atomic E-state index is 12.9. The van der Waals surface area contributed by atoms with E-state index in [1.54, 1.807) is 0 Å². The highest BCUT2D eigenvalue weighted by molar-refractivity contribution is 6.30. The first-order valence-corrected chi connectivity index (χ1v) is 9.45. The Kier molecular flexibility index (Phi) is 4.93. The lowest BCUT2D eigenvalue weighted by Crippen LogP contribution is -2.35. The highest BCUT2D eigenvalue weighted by atomic mass is 35.5. The first-order chi connectivity index (χ1) is 12.7. The van der Waals surface area contributed by atoms with E-state index < -0.39 is 0 Å². The molecule has 0 spiro atoms. The van der Waals surface area contributed by atoms with Crippen molar-refractivity contribution in [1.29, 1.82) is 0 Å². The zero-order chi connectivity index (χ0) is 17.9. The van der Waals surface area contributed by atoms with Crippen molar-refractivity contribution in [1.82, 2.24) is 10.1 Å². The largest absolute Gasteiger partial charge is 0.356 e. The molecule has 0 bridgehead atoms. The van der Waals surface area contributed by atoms with Crippen molar-refractivity contribution in [2.24, 2.45) is 0 Å². The van der Waals surface area contributed by atoms with Crippen LogP contribution < -0.4 is 0 Å². The maximum absolute atomic E-state index is 12.9. The van der Waals surface area contributed by atoms with E-state index in [4.69, 9.17) is 16.1 Å². The van der Waals surface area contributed by atoms with E-state index in [9.17, 15) is 4.79 Å². The van der Waals surface area contributed by atoms with E-state index in [2.05, 4.69) is 17.3 Å². The standard InChI is InChI=1S/C21H21ClN2O2/c22-17-10-8-15(9-11-17)16-5-3-4-12-24(14-16)21(25)13-19-18-6-1-2-7-20(18)26-23-19/h1-2,6-11,16H,3-5,12-14H2. The van der Waals surface area contributed by atoms with Crippen LogP contribution in [0.25, 0.3) is 11.0 Å². The molecule has 0 aliphatic carbocycles. The Balaban J connectivity index is 1.50. The number of carbonyl (C=O) groups is 1. The fourth-order valence-corrected chi connectivity index (χ4v) is 3.82. The predicted octanol–water partition coefficient (Wildman–Crippen LogP) is 4.82. The summed E-state index contributed by atoms with van der Waals surface area (Å²) in [4.78, 5) is 14.9. The van der Waals surface area contributed by atoms with E-state index in [-0.39, 0.29) is 12.3 Å². The molecular weight excluding hydrogens is 348 g/mol. The van der Waals surface area contributed by atoms with E-state index >= 15 is 0 Å². The Bertz CT molecular complexity index is 904. The van der Waals surface area contributed by atoms with Gasteiger partial charge in [-0.05, 0) is 42.7 Å². The number of carbonyl (C=O) groups excluding carboxylic acids is 1. The van der Waals surface area contributed by atoms with Gasteiger partial charge in [-0.15, -0.1) is 0 Å². The van der Waals surface area contributed by atoms with Crippen molar-refractivity contribution in [3.8, 4) is 0 Å². The average Bonchev–Trinajstić information content (AvgIpc) is 2.89. The van der Waals surface area contributed by atoms with Crippen LogP contribution in [0.1, 0.15) is 36.4 Å². The molecule has 3 aromatic rings. The molecule has 0 N–H and O–H groups in total. The quantitative estimate of drug-likeness (QED) is 0.665. The first-order valence-electron chi connectivity index (χ1n) is 9.07. The monoisotopic (exact) mass is 368 g/mol. The van der Waals surface area contributed by atoms with Crippen molar-refractivity contribution in [2.45, 2.75) is 31.6 Å². The molecule has 134 valence electrons. The van der Waals surface area contributed by atoms with Gasteiger partial charge in [0.05, 0.1) is 6.42 Å². The number of likely N-dealkylation sites (tertiary alicyclic amines) is 1. The number of aromatic nitrogens is 1. The molecule has 4 nitrogen and oxygen atoms in total. The van der Waals surface area contributed by atoms with Gasteiger partial charge in [-0.2, -0.15) is 0 Å². The summed E-state index contributed by atoms with van der Waals surface area (Å²) in [6, 6.07) is 15.7.